The molecule has 1 aliphatic heterocycles. The van der Waals surface area contributed by atoms with Gasteiger partial charge < -0.3 is 15.1 Å². The van der Waals surface area contributed by atoms with E-state index >= 15 is 0 Å². The first-order chi connectivity index (χ1) is 21.6. The zero-order chi connectivity index (χ0) is 31.3. The van der Waals surface area contributed by atoms with Gasteiger partial charge >= 0.3 is 0 Å². The summed E-state index contributed by atoms with van der Waals surface area (Å²) in [6, 6.07) is 22.6. The Morgan fingerprint density at radius 1 is 0.956 bits per heavy atom. The van der Waals surface area contributed by atoms with Crippen molar-refractivity contribution >= 4 is 28.5 Å². The van der Waals surface area contributed by atoms with Crippen LogP contribution in [0.3, 0.4) is 0 Å². The summed E-state index contributed by atoms with van der Waals surface area (Å²) in [4.78, 5) is 31.1. The number of Topliss-reactive ketones (excluding diaryl/α,β-unsaturated/α-hetero) is 1. The van der Waals surface area contributed by atoms with E-state index in [0.29, 0.717) is 35.6 Å². The lowest BCUT2D eigenvalue weighted by Gasteiger charge is -2.16. The second-order valence-electron chi connectivity index (χ2n) is 12.0. The first kappa shape index (κ1) is 28.8. The van der Waals surface area contributed by atoms with Gasteiger partial charge in [0.15, 0.2) is 0 Å². The van der Waals surface area contributed by atoms with Gasteiger partial charge in [-0.25, -0.2) is 18.2 Å². The number of carbonyl (C=O) groups excluding carboxylic acids is 2. The van der Waals surface area contributed by atoms with Gasteiger partial charge in [-0.2, -0.15) is 0 Å². The number of alkyl halides is 2. The number of nitrogen functional groups attached to an aromatic ring is 1. The molecule has 1 amide bonds. The third-order valence-electron chi connectivity index (χ3n) is 8.80. The van der Waals surface area contributed by atoms with Crippen molar-refractivity contribution in [1.29, 1.82) is 0 Å². The number of hydrogen-bond donors (Lipinski definition) is 1. The van der Waals surface area contributed by atoms with E-state index in [4.69, 9.17) is 10.2 Å². The summed E-state index contributed by atoms with van der Waals surface area (Å²) < 4.78 is 47.4. The van der Waals surface area contributed by atoms with Crippen LogP contribution in [0.15, 0.2) is 89.5 Å². The Bertz CT molecular complexity index is 1900. The fourth-order valence-corrected chi connectivity index (χ4v) is 6.22. The largest absolute Gasteiger partial charge is 0.460 e. The number of hydrogen-bond acceptors (Lipinski definition) is 5. The molecule has 6 nitrogen and oxygen atoms in total. The summed E-state index contributed by atoms with van der Waals surface area (Å²) in [5.41, 5.74) is 10.9. The number of nitrogens with zero attached hydrogens (tertiary/aromatic N) is 2. The van der Waals surface area contributed by atoms with Crippen LogP contribution in [-0.2, 0) is 11.2 Å². The molecule has 2 aromatic heterocycles. The SMILES string of the molecule is Nc1ccc(C2CC2C(=O)CCc2cc3cc(-c4ccc(C(=O)N5CCC(F)(F)C5)cc4)cc(-c4ccc(F)cc4)c3o2)cn1. The van der Waals surface area contributed by atoms with Gasteiger partial charge in [-0.15, -0.1) is 0 Å². The maximum Gasteiger partial charge on any atom is 0.267 e. The van der Waals surface area contributed by atoms with E-state index in [2.05, 4.69) is 4.98 Å². The summed E-state index contributed by atoms with van der Waals surface area (Å²) >= 11 is 0. The highest BCUT2D eigenvalue weighted by atomic mass is 19.3. The Hall–Kier alpha value is -4.92. The Balaban J connectivity index is 1.13. The minimum atomic E-state index is -2.85. The molecule has 0 bridgehead atoms. The van der Waals surface area contributed by atoms with Gasteiger partial charge in [-0.1, -0.05) is 30.3 Å². The van der Waals surface area contributed by atoms with Gasteiger partial charge in [0.2, 0.25) is 0 Å². The van der Waals surface area contributed by atoms with E-state index in [1.54, 1.807) is 48.7 Å². The minimum absolute atomic E-state index is 0.0288. The number of pyridine rings is 1. The Morgan fingerprint density at radius 2 is 1.71 bits per heavy atom. The lowest BCUT2D eigenvalue weighted by atomic mass is 9.96. The molecular weight excluding hydrogens is 579 g/mol. The third kappa shape index (κ3) is 5.94. The second kappa shape index (κ2) is 11.2. The Morgan fingerprint density at radius 3 is 2.40 bits per heavy atom. The van der Waals surface area contributed by atoms with Crippen molar-refractivity contribution in [2.24, 2.45) is 5.92 Å². The summed E-state index contributed by atoms with van der Waals surface area (Å²) in [5, 5.41) is 0.825. The first-order valence-corrected chi connectivity index (χ1v) is 15.0. The number of furan rings is 1. The predicted octanol–water partition coefficient (Wildman–Crippen LogP) is 7.67. The molecule has 1 saturated carbocycles. The zero-order valence-corrected chi connectivity index (χ0v) is 24.3. The number of likely N-dealkylation sites (tertiary alicyclic amines) is 1. The second-order valence-corrected chi connectivity index (χ2v) is 12.0. The standard InChI is InChI=1S/C36H30F3N3O3/c37-27-8-5-22(6-9-27)30-17-25(21-1-3-23(4-2-21)35(44)42-14-13-36(38,39)20-42)15-26-16-28(45-34(26)30)10-11-32(43)31-18-29(31)24-7-12-33(40)41-19-24/h1-9,12,15-17,19,29,31H,10-11,13-14,18,20H2,(H2,40,41). The molecule has 0 radical (unpaired) electrons. The van der Waals surface area contributed by atoms with Gasteiger partial charge in [0.1, 0.15) is 28.8 Å². The van der Waals surface area contributed by atoms with Crippen LogP contribution >= 0.6 is 0 Å². The van der Waals surface area contributed by atoms with Crippen molar-refractivity contribution in [2.75, 3.05) is 18.8 Å². The van der Waals surface area contributed by atoms with Crippen LogP contribution in [0, 0.1) is 11.7 Å². The molecule has 7 rings (SSSR count). The molecule has 228 valence electrons. The normalized spacial score (nSPS) is 18.8. The molecule has 0 spiro atoms. The number of aromatic nitrogens is 1. The number of amides is 1. The van der Waals surface area contributed by atoms with Crippen LogP contribution in [0.4, 0.5) is 19.0 Å². The van der Waals surface area contributed by atoms with Gasteiger partial charge in [-0.3, -0.25) is 9.59 Å². The summed E-state index contributed by atoms with van der Waals surface area (Å²) in [6.45, 7) is -0.540. The molecule has 9 heteroatoms. The third-order valence-corrected chi connectivity index (χ3v) is 8.80. The monoisotopic (exact) mass is 609 g/mol. The minimum Gasteiger partial charge on any atom is -0.460 e. The summed E-state index contributed by atoms with van der Waals surface area (Å²) in [7, 11) is 0. The fourth-order valence-electron chi connectivity index (χ4n) is 6.22. The van der Waals surface area contributed by atoms with Crippen molar-refractivity contribution < 1.29 is 27.2 Å². The van der Waals surface area contributed by atoms with E-state index in [-0.39, 0.29) is 36.4 Å². The van der Waals surface area contributed by atoms with E-state index < -0.39 is 18.4 Å². The molecule has 2 N–H and O–H groups in total. The van der Waals surface area contributed by atoms with Crippen molar-refractivity contribution in [3.8, 4) is 22.3 Å². The quantitative estimate of drug-likeness (QED) is 0.195. The van der Waals surface area contributed by atoms with Crippen LogP contribution in [0.25, 0.3) is 33.2 Å². The number of ketones is 1. The highest BCUT2D eigenvalue weighted by Gasteiger charge is 2.43. The summed E-state index contributed by atoms with van der Waals surface area (Å²) in [6.07, 6.45) is 3.01. The van der Waals surface area contributed by atoms with E-state index in [0.717, 1.165) is 39.6 Å². The molecule has 2 aliphatic rings. The molecule has 2 atom stereocenters. The van der Waals surface area contributed by atoms with Crippen molar-refractivity contribution in [2.45, 2.75) is 37.5 Å². The predicted molar refractivity (Wildman–Crippen MR) is 165 cm³/mol. The number of benzene rings is 3. The lowest BCUT2D eigenvalue weighted by molar-refractivity contribution is -0.120. The van der Waals surface area contributed by atoms with Crippen LogP contribution in [-0.4, -0.2) is 40.6 Å². The molecule has 5 aromatic rings. The average Bonchev–Trinajstić information content (AvgIpc) is 3.60. The molecule has 3 heterocycles. The van der Waals surface area contributed by atoms with Crippen molar-refractivity contribution in [3.05, 3.63) is 108 Å². The summed E-state index contributed by atoms with van der Waals surface area (Å²) in [5.74, 6) is -2.17. The van der Waals surface area contributed by atoms with Gasteiger partial charge in [0.25, 0.3) is 11.8 Å². The highest BCUT2D eigenvalue weighted by Crippen LogP contribution is 2.48. The smallest absolute Gasteiger partial charge is 0.267 e. The van der Waals surface area contributed by atoms with Crippen LogP contribution in [0.2, 0.25) is 0 Å². The number of nitrogens with two attached hydrogens (primary N) is 1. The number of halogens is 3. The number of anilines is 1. The number of fused-ring (bicyclic) bond motifs is 1. The zero-order valence-electron chi connectivity index (χ0n) is 24.3. The highest BCUT2D eigenvalue weighted by molar-refractivity contribution is 5.98. The number of rotatable bonds is 8. The Labute approximate surface area is 257 Å². The molecular formula is C36H30F3N3O3. The Kier molecular flexibility index (Phi) is 7.19. The van der Waals surface area contributed by atoms with Crippen molar-refractivity contribution in [3.63, 3.8) is 0 Å². The number of aryl methyl sites for hydroxylation is 1. The number of carbonyl (C=O) groups is 2. The van der Waals surface area contributed by atoms with Crippen LogP contribution < -0.4 is 5.73 Å². The average molecular weight is 610 g/mol. The van der Waals surface area contributed by atoms with E-state index in [1.165, 1.54) is 17.0 Å². The topological polar surface area (TPSA) is 89.4 Å². The fraction of sp³-hybridized carbons (Fsp3) is 0.250. The van der Waals surface area contributed by atoms with Gasteiger partial charge in [-0.05, 0) is 83.1 Å². The molecule has 1 aliphatic carbocycles. The van der Waals surface area contributed by atoms with Crippen molar-refractivity contribution in [1.82, 2.24) is 9.88 Å². The molecule has 1 saturated heterocycles. The maximum absolute atomic E-state index is 13.8. The van der Waals surface area contributed by atoms with Crippen LogP contribution in [0.1, 0.15) is 46.9 Å². The molecule has 2 unspecified atom stereocenters. The first-order valence-electron chi connectivity index (χ1n) is 15.0. The van der Waals surface area contributed by atoms with E-state index in [1.807, 2.05) is 24.3 Å². The molecule has 2 fully saturated rings. The molecule has 45 heavy (non-hydrogen) atoms. The van der Waals surface area contributed by atoms with Gasteiger partial charge in [0, 0.05) is 54.4 Å². The lowest BCUT2D eigenvalue weighted by Crippen LogP contribution is -2.31. The van der Waals surface area contributed by atoms with E-state index in [9.17, 15) is 22.8 Å². The van der Waals surface area contributed by atoms with Crippen LogP contribution in [0.5, 0.6) is 0 Å². The maximum atomic E-state index is 13.8. The molecule has 3 aromatic carbocycles. The van der Waals surface area contributed by atoms with Gasteiger partial charge in [0.05, 0.1) is 6.54 Å².